The number of carbonyl (C=O) groups is 1. The summed E-state index contributed by atoms with van der Waals surface area (Å²) in [6.07, 6.45) is 0. The van der Waals surface area contributed by atoms with Crippen LogP contribution in [0.5, 0.6) is 0 Å². The van der Waals surface area contributed by atoms with Crippen molar-refractivity contribution in [1.29, 1.82) is 0 Å². The highest BCUT2D eigenvalue weighted by atomic mass is 19.1. The molecule has 0 amide bonds. The zero-order valence-corrected chi connectivity index (χ0v) is 11.8. The molecule has 0 N–H and O–H groups in total. The van der Waals surface area contributed by atoms with Crippen LogP contribution < -0.4 is 0 Å². The quantitative estimate of drug-likeness (QED) is 0.630. The molecule has 112 valence electrons. The van der Waals surface area contributed by atoms with E-state index in [-0.39, 0.29) is 18.4 Å². The second kappa shape index (κ2) is 5.60. The third kappa shape index (κ3) is 2.57. The zero-order chi connectivity index (χ0) is 15.7. The molecule has 1 fully saturated rings. The Kier molecular flexibility index (Phi) is 3.63. The van der Waals surface area contributed by atoms with Crippen molar-refractivity contribution in [2.45, 2.75) is 0 Å². The van der Waals surface area contributed by atoms with E-state index < -0.39 is 5.97 Å². The smallest absolute Gasteiger partial charge is 0.357 e. The van der Waals surface area contributed by atoms with Gasteiger partial charge >= 0.3 is 5.97 Å². The first-order chi connectivity index (χ1) is 10.6. The fourth-order valence-electron chi connectivity index (χ4n) is 2.41. The zero-order valence-electron chi connectivity index (χ0n) is 11.8. The Morgan fingerprint density at radius 2 is 1.41 bits per heavy atom. The molecule has 0 unspecified atom stereocenters. The van der Waals surface area contributed by atoms with E-state index in [1.54, 1.807) is 36.2 Å². The van der Waals surface area contributed by atoms with Gasteiger partial charge in [0.05, 0.1) is 0 Å². The van der Waals surface area contributed by atoms with Crippen LogP contribution in [-0.4, -0.2) is 24.6 Å². The number of esters is 1. The normalized spacial score (nSPS) is 14.2. The molecule has 5 heteroatoms. The van der Waals surface area contributed by atoms with E-state index in [9.17, 15) is 13.6 Å². The van der Waals surface area contributed by atoms with E-state index in [0.29, 0.717) is 22.4 Å². The number of benzene rings is 2. The Morgan fingerprint density at radius 1 is 0.955 bits per heavy atom. The highest BCUT2D eigenvalue weighted by molar-refractivity contribution is 6.02. The predicted molar refractivity (Wildman–Crippen MR) is 77.5 cm³/mol. The molecular weight excluding hydrogens is 288 g/mol. The summed E-state index contributed by atoms with van der Waals surface area (Å²) in [5.74, 6) is -1.18. The van der Waals surface area contributed by atoms with Crippen LogP contribution in [0.3, 0.4) is 0 Å². The third-order valence-corrected chi connectivity index (χ3v) is 3.47. The van der Waals surface area contributed by atoms with Gasteiger partial charge in [0.25, 0.3) is 0 Å². The minimum atomic E-state index is -0.453. The summed E-state index contributed by atoms with van der Waals surface area (Å²) < 4.78 is 31.4. The van der Waals surface area contributed by atoms with Crippen molar-refractivity contribution in [2.24, 2.45) is 0 Å². The van der Waals surface area contributed by atoms with Gasteiger partial charge in [0, 0.05) is 12.6 Å². The van der Waals surface area contributed by atoms with Crippen LogP contribution in [0, 0.1) is 11.6 Å². The van der Waals surface area contributed by atoms with Crippen LogP contribution in [0.25, 0.3) is 5.57 Å². The van der Waals surface area contributed by atoms with Crippen molar-refractivity contribution < 1.29 is 18.3 Å². The molecule has 1 aliphatic heterocycles. The van der Waals surface area contributed by atoms with Gasteiger partial charge in [-0.25, -0.2) is 13.6 Å². The molecule has 0 aromatic heterocycles. The number of hydrogen-bond donors (Lipinski definition) is 0. The van der Waals surface area contributed by atoms with E-state index in [4.69, 9.17) is 4.74 Å². The molecule has 2 aromatic rings. The summed E-state index contributed by atoms with van der Waals surface area (Å²) in [6.45, 7) is 0.153. The van der Waals surface area contributed by atoms with E-state index in [1.807, 2.05) is 0 Å². The molecule has 3 rings (SSSR count). The van der Waals surface area contributed by atoms with Crippen molar-refractivity contribution in [3.05, 3.63) is 77.0 Å². The molecule has 22 heavy (non-hydrogen) atoms. The van der Waals surface area contributed by atoms with Gasteiger partial charge in [-0.1, -0.05) is 24.3 Å². The van der Waals surface area contributed by atoms with Crippen molar-refractivity contribution in [1.82, 2.24) is 4.90 Å². The maximum atomic E-state index is 13.2. The Labute approximate surface area is 126 Å². The van der Waals surface area contributed by atoms with E-state index in [2.05, 4.69) is 0 Å². The van der Waals surface area contributed by atoms with Gasteiger partial charge in [0.2, 0.25) is 0 Å². The number of ether oxygens (including phenoxy) is 1. The SMILES string of the molecule is CN1COC(=O)C1=C(c1ccc(F)cc1)c1ccc(F)cc1. The molecule has 1 saturated heterocycles. The average molecular weight is 301 g/mol. The first-order valence-electron chi connectivity index (χ1n) is 6.70. The van der Waals surface area contributed by atoms with Crippen LogP contribution in [0.2, 0.25) is 0 Å². The number of rotatable bonds is 2. The Bertz CT molecular complexity index is 689. The molecule has 0 spiro atoms. The first-order valence-corrected chi connectivity index (χ1v) is 6.70. The number of likely N-dealkylation sites (N-methyl/N-ethyl adjacent to an activating group) is 1. The molecule has 2 aromatic carbocycles. The first kappa shape index (κ1) is 14.3. The second-order valence-corrected chi connectivity index (χ2v) is 5.00. The molecule has 0 atom stereocenters. The topological polar surface area (TPSA) is 29.5 Å². The number of halogens is 2. The lowest BCUT2D eigenvalue weighted by molar-refractivity contribution is -0.135. The highest BCUT2D eigenvalue weighted by Gasteiger charge is 2.29. The Hall–Kier alpha value is -2.69. The average Bonchev–Trinajstić information content (AvgIpc) is 2.83. The Balaban J connectivity index is 2.22. The van der Waals surface area contributed by atoms with Gasteiger partial charge in [0.15, 0.2) is 6.73 Å². The minimum Gasteiger partial charge on any atom is -0.440 e. The minimum absolute atomic E-state index is 0.153. The van der Waals surface area contributed by atoms with Gasteiger partial charge in [0.1, 0.15) is 17.3 Å². The van der Waals surface area contributed by atoms with Gasteiger partial charge in [-0.05, 0) is 35.4 Å². The van der Waals surface area contributed by atoms with Gasteiger partial charge in [-0.2, -0.15) is 0 Å². The van der Waals surface area contributed by atoms with Crippen molar-refractivity contribution in [3.63, 3.8) is 0 Å². The molecule has 1 aliphatic rings. The summed E-state index contributed by atoms with van der Waals surface area (Å²) in [5, 5.41) is 0. The summed E-state index contributed by atoms with van der Waals surface area (Å²) in [4.78, 5) is 13.7. The number of hydrogen-bond acceptors (Lipinski definition) is 3. The summed E-state index contributed by atoms with van der Waals surface area (Å²) >= 11 is 0. The van der Waals surface area contributed by atoms with E-state index in [0.717, 1.165) is 0 Å². The lowest BCUT2D eigenvalue weighted by atomic mass is 9.95. The summed E-state index contributed by atoms with van der Waals surface area (Å²) in [5.41, 5.74) is 2.28. The molecule has 0 radical (unpaired) electrons. The number of nitrogens with zero attached hydrogens (tertiary/aromatic N) is 1. The Morgan fingerprint density at radius 3 is 1.77 bits per heavy atom. The molecule has 3 nitrogen and oxygen atoms in total. The lowest BCUT2D eigenvalue weighted by Gasteiger charge is -2.15. The fraction of sp³-hybridized carbons (Fsp3) is 0.118. The highest BCUT2D eigenvalue weighted by Crippen LogP contribution is 2.31. The van der Waals surface area contributed by atoms with E-state index in [1.165, 1.54) is 24.3 Å². The van der Waals surface area contributed by atoms with E-state index >= 15 is 0 Å². The fourth-order valence-corrected chi connectivity index (χ4v) is 2.41. The number of carbonyl (C=O) groups excluding carboxylic acids is 1. The van der Waals surface area contributed by atoms with Crippen LogP contribution in [-0.2, 0) is 9.53 Å². The van der Waals surface area contributed by atoms with Gasteiger partial charge in [-0.15, -0.1) is 0 Å². The molecule has 0 aliphatic carbocycles. The maximum absolute atomic E-state index is 13.2. The molecule has 0 bridgehead atoms. The third-order valence-electron chi connectivity index (χ3n) is 3.47. The van der Waals surface area contributed by atoms with Crippen LogP contribution in [0.4, 0.5) is 8.78 Å². The number of cyclic esters (lactones) is 1. The maximum Gasteiger partial charge on any atom is 0.357 e. The standard InChI is InChI=1S/C17H13F2NO2/c1-20-10-22-17(21)16(20)15(11-2-6-13(18)7-3-11)12-4-8-14(19)9-5-12/h2-9H,10H2,1H3. The van der Waals surface area contributed by atoms with Crippen LogP contribution >= 0.6 is 0 Å². The molecule has 1 heterocycles. The largest absolute Gasteiger partial charge is 0.440 e. The van der Waals surface area contributed by atoms with Gasteiger partial charge in [-0.3, -0.25) is 0 Å². The van der Waals surface area contributed by atoms with Crippen molar-refractivity contribution in [3.8, 4) is 0 Å². The molecular formula is C17H13F2NO2. The van der Waals surface area contributed by atoms with Gasteiger partial charge < -0.3 is 9.64 Å². The summed E-state index contributed by atoms with van der Waals surface area (Å²) in [7, 11) is 1.73. The summed E-state index contributed by atoms with van der Waals surface area (Å²) in [6, 6.07) is 11.6. The predicted octanol–water partition coefficient (Wildman–Crippen LogP) is 3.17. The van der Waals surface area contributed by atoms with Crippen molar-refractivity contribution >= 4 is 11.5 Å². The monoisotopic (exact) mass is 301 g/mol. The van der Waals surface area contributed by atoms with Crippen LogP contribution in [0.15, 0.2) is 54.2 Å². The lowest BCUT2D eigenvalue weighted by Crippen LogP contribution is -2.15. The van der Waals surface area contributed by atoms with Crippen molar-refractivity contribution in [2.75, 3.05) is 13.8 Å². The van der Waals surface area contributed by atoms with Crippen LogP contribution in [0.1, 0.15) is 11.1 Å². The second-order valence-electron chi connectivity index (χ2n) is 5.00. The molecule has 0 saturated carbocycles.